The van der Waals surface area contributed by atoms with E-state index in [9.17, 15) is 4.79 Å². The number of fused-ring (bicyclic) bond motifs is 1. The Bertz CT molecular complexity index is 957. The molecule has 0 saturated heterocycles. The van der Waals surface area contributed by atoms with E-state index in [0.29, 0.717) is 23.5 Å². The zero-order valence-electron chi connectivity index (χ0n) is 14.9. The summed E-state index contributed by atoms with van der Waals surface area (Å²) in [5, 5.41) is 8.53. The molecule has 0 unspecified atom stereocenters. The van der Waals surface area contributed by atoms with Gasteiger partial charge < -0.3 is 14.1 Å². The normalized spacial score (nSPS) is 12.9. The van der Waals surface area contributed by atoms with E-state index in [2.05, 4.69) is 16.3 Å². The number of rotatable bonds is 6. The molecule has 2 aromatic carbocycles. The zero-order chi connectivity index (χ0) is 18.6. The Morgan fingerprint density at radius 3 is 2.89 bits per heavy atom. The van der Waals surface area contributed by atoms with Gasteiger partial charge in [-0.1, -0.05) is 42.1 Å². The molecule has 138 valence electrons. The monoisotopic (exact) mass is 381 g/mol. The molecule has 0 bridgehead atoms. The standard InChI is InChI=1S/C20H19N3O3S/c1-2-25-17-10-6-4-8-15(17)19-21-22-20(26-19)27-13-18(24)23-12-11-14-7-3-5-9-16(14)23/h3-10H,2,11-13H2,1H3. The van der Waals surface area contributed by atoms with Gasteiger partial charge in [-0.2, -0.15) is 0 Å². The number of ether oxygens (including phenoxy) is 1. The van der Waals surface area contributed by atoms with E-state index in [4.69, 9.17) is 9.15 Å². The number of carbonyl (C=O) groups is 1. The minimum absolute atomic E-state index is 0.0411. The van der Waals surface area contributed by atoms with Crippen LogP contribution in [0.15, 0.2) is 58.2 Å². The van der Waals surface area contributed by atoms with Crippen LogP contribution in [-0.2, 0) is 11.2 Å². The van der Waals surface area contributed by atoms with E-state index in [0.717, 1.165) is 24.2 Å². The van der Waals surface area contributed by atoms with Crippen molar-refractivity contribution in [3.63, 3.8) is 0 Å². The third-order valence-corrected chi connectivity index (χ3v) is 5.13. The number of para-hydroxylation sites is 2. The number of nitrogens with zero attached hydrogens (tertiary/aromatic N) is 3. The maximum atomic E-state index is 12.6. The Hall–Kier alpha value is -2.80. The van der Waals surface area contributed by atoms with Crippen LogP contribution in [0.25, 0.3) is 11.5 Å². The minimum Gasteiger partial charge on any atom is -0.493 e. The summed E-state index contributed by atoms with van der Waals surface area (Å²) < 4.78 is 11.3. The molecule has 1 amide bonds. The van der Waals surface area contributed by atoms with Crippen molar-refractivity contribution in [3.8, 4) is 17.2 Å². The maximum absolute atomic E-state index is 12.6. The summed E-state index contributed by atoms with van der Waals surface area (Å²) in [6, 6.07) is 15.5. The molecule has 0 fully saturated rings. The quantitative estimate of drug-likeness (QED) is 0.605. The lowest BCUT2D eigenvalue weighted by molar-refractivity contribution is -0.116. The van der Waals surface area contributed by atoms with Crippen LogP contribution in [0.3, 0.4) is 0 Å². The van der Waals surface area contributed by atoms with Gasteiger partial charge in [-0.3, -0.25) is 4.79 Å². The van der Waals surface area contributed by atoms with Crippen molar-refractivity contribution < 1.29 is 13.9 Å². The fourth-order valence-electron chi connectivity index (χ4n) is 3.10. The van der Waals surface area contributed by atoms with Gasteiger partial charge in [0.25, 0.3) is 11.1 Å². The zero-order valence-corrected chi connectivity index (χ0v) is 15.7. The highest BCUT2D eigenvalue weighted by Gasteiger charge is 2.24. The summed E-state index contributed by atoms with van der Waals surface area (Å²) in [6.07, 6.45) is 0.894. The molecule has 3 aromatic rings. The molecule has 0 radical (unpaired) electrons. The van der Waals surface area contributed by atoms with Crippen LogP contribution in [-0.4, -0.2) is 35.0 Å². The number of aromatic nitrogens is 2. The second-order valence-electron chi connectivity index (χ2n) is 6.02. The molecule has 1 aliphatic rings. The summed E-state index contributed by atoms with van der Waals surface area (Å²) in [5.74, 6) is 1.38. The van der Waals surface area contributed by atoms with Crippen LogP contribution < -0.4 is 9.64 Å². The van der Waals surface area contributed by atoms with Crippen LogP contribution in [0, 0.1) is 0 Å². The van der Waals surface area contributed by atoms with Crippen molar-refractivity contribution in [2.24, 2.45) is 0 Å². The molecule has 0 saturated carbocycles. The van der Waals surface area contributed by atoms with E-state index in [1.165, 1.54) is 17.3 Å². The van der Waals surface area contributed by atoms with Crippen LogP contribution >= 0.6 is 11.8 Å². The highest BCUT2D eigenvalue weighted by atomic mass is 32.2. The van der Waals surface area contributed by atoms with Gasteiger partial charge >= 0.3 is 0 Å². The van der Waals surface area contributed by atoms with Crippen LogP contribution in [0.2, 0.25) is 0 Å². The fourth-order valence-corrected chi connectivity index (χ4v) is 3.74. The molecule has 1 aliphatic heterocycles. The molecule has 2 heterocycles. The predicted molar refractivity (Wildman–Crippen MR) is 104 cm³/mol. The van der Waals surface area contributed by atoms with E-state index in [1.54, 1.807) is 0 Å². The van der Waals surface area contributed by atoms with E-state index in [1.807, 2.05) is 54.3 Å². The highest BCUT2D eigenvalue weighted by molar-refractivity contribution is 7.99. The van der Waals surface area contributed by atoms with Gasteiger partial charge in [0.1, 0.15) is 5.75 Å². The molecule has 0 N–H and O–H groups in total. The van der Waals surface area contributed by atoms with Gasteiger partial charge in [-0.05, 0) is 37.1 Å². The van der Waals surface area contributed by atoms with Crippen molar-refractivity contribution in [2.45, 2.75) is 18.6 Å². The topological polar surface area (TPSA) is 68.5 Å². The predicted octanol–water partition coefficient (Wildman–Crippen LogP) is 3.82. The molecule has 4 rings (SSSR count). The molecular formula is C20H19N3O3S. The first-order chi connectivity index (χ1) is 13.3. The summed E-state index contributed by atoms with van der Waals surface area (Å²) >= 11 is 1.25. The van der Waals surface area contributed by atoms with E-state index in [-0.39, 0.29) is 11.7 Å². The van der Waals surface area contributed by atoms with Crippen molar-refractivity contribution in [2.75, 3.05) is 23.8 Å². The molecule has 0 atom stereocenters. The lowest BCUT2D eigenvalue weighted by atomic mass is 10.2. The molecule has 7 heteroatoms. The summed E-state index contributed by atoms with van der Waals surface area (Å²) in [7, 11) is 0. The van der Waals surface area contributed by atoms with Crippen LogP contribution in [0.1, 0.15) is 12.5 Å². The molecular weight excluding hydrogens is 362 g/mol. The Kier molecular flexibility index (Phi) is 5.11. The Morgan fingerprint density at radius 2 is 2.00 bits per heavy atom. The SMILES string of the molecule is CCOc1ccccc1-c1nnc(SCC(=O)N2CCc3ccccc32)o1. The Labute approximate surface area is 161 Å². The van der Waals surface area contributed by atoms with Gasteiger partial charge in [-0.25, -0.2) is 0 Å². The first-order valence-electron chi connectivity index (χ1n) is 8.83. The van der Waals surface area contributed by atoms with E-state index < -0.39 is 0 Å². The highest BCUT2D eigenvalue weighted by Crippen LogP contribution is 2.32. The molecule has 0 aliphatic carbocycles. The van der Waals surface area contributed by atoms with Crippen LogP contribution in [0.5, 0.6) is 5.75 Å². The van der Waals surface area contributed by atoms with Gasteiger partial charge in [0.05, 0.1) is 17.9 Å². The minimum atomic E-state index is 0.0411. The third-order valence-electron chi connectivity index (χ3n) is 4.33. The largest absolute Gasteiger partial charge is 0.493 e. The lowest BCUT2D eigenvalue weighted by Crippen LogP contribution is -2.30. The van der Waals surface area contributed by atoms with Crippen molar-refractivity contribution >= 4 is 23.4 Å². The lowest BCUT2D eigenvalue weighted by Gasteiger charge is -2.16. The Morgan fingerprint density at radius 1 is 1.19 bits per heavy atom. The smallest absolute Gasteiger partial charge is 0.277 e. The second kappa shape index (κ2) is 7.84. The molecule has 27 heavy (non-hydrogen) atoms. The number of hydrogen-bond donors (Lipinski definition) is 0. The average molecular weight is 381 g/mol. The van der Waals surface area contributed by atoms with Gasteiger partial charge in [-0.15, -0.1) is 10.2 Å². The first kappa shape index (κ1) is 17.6. The van der Waals surface area contributed by atoms with Gasteiger partial charge in [0.2, 0.25) is 5.91 Å². The summed E-state index contributed by atoms with van der Waals surface area (Å²) in [6.45, 7) is 3.20. The average Bonchev–Trinajstić information content (AvgIpc) is 3.34. The fraction of sp³-hybridized carbons (Fsp3) is 0.250. The third kappa shape index (κ3) is 3.68. The number of amides is 1. The first-order valence-corrected chi connectivity index (χ1v) is 9.81. The molecule has 0 spiro atoms. The second-order valence-corrected chi connectivity index (χ2v) is 6.94. The maximum Gasteiger partial charge on any atom is 0.277 e. The van der Waals surface area contributed by atoms with Crippen molar-refractivity contribution in [3.05, 3.63) is 54.1 Å². The van der Waals surface area contributed by atoms with Gasteiger partial charge in [0, 0.05) is 12.2 Å². The number of anilines is 1. The van der Waals surface area contributed by atoms with Crippen molar-refractivity contribution in [1.82, 2.24) is 10.2 Å². The summed E-state index contributed by atoms with van der Waals surface area (Å²) in [5.41, 5.74) is 2.96. The number of benzene rings is 2. The molecule has 6 nitrogen and oxygen atoms in total. The number of carbonyl (C=O) groups excluding carboxylic acids is 1. The van der Waals surface area contributed by atoms with E-state index >= 15 is 0 Å². The van der Waals surface area contributed by atoms with Crippen LogP contribution in [0.4, 0.5) is 5.69 Å². The number of hydrogen-bond acceptors (Lipinski definition) is 6. The molecule has 1 aromatic heterocycles. The Balaban J connectivity index is 1.43. The van der Waals surface area contributed by atoms with Gasteiger partial charge in [0.15, 0.2) is 0 Å². The summed E-state index contributed by atoms with van der Waals surface area (Å²) in [4.78, 5) is 14.4. The van der Waals surface area contributed by atoms with Crippen molar-refractivity contribution in [1.29, 1.82) is 0 Å². The number of thioether (sulfide) groups is 1.